The average Bonchev–Trinajstić information content (AvgIpc) is 2.61. The smallest absolute Gasteiger partial charge is 0.0625 e. The van der Waals surface area contributed by atoms with Crippen molar-refractivity contribution in [3.8, 4) is 0 Å². The fraction of sp³-hybridized carbons (Fsp3) is 0.300. The molecule has 1 saturated carbocycles. The molecule has 2 aromatic carbocycles. The average molecular weight is 290 g/mol. The lowest BCUT2D eigenvalue weighted by Crippen LogP contribution is -2.16. The van der Waals surface area contributed by atoms with E-state index in [-0.39, 0.29) is 0 Å². The molecule has 0 amide bonds. The van der Waals surface area contributed by atoms with Crippen molar-refractivity contribution < 1.29 is 0 Å². The molecule has 0 aromatic heterocycles. The van der Waals surface area contributed by atoms with E-state index in [1.165, 1.54) is 25.7 Å². The third-order valence-electron chi connectivity index (χ3n) is 4.20. The first-order chi connectivity index (χ1) is 10.9. The molecule has 1 aliphatic rings. The molecular formula is C20H22N2. The Bertz CT molecular complexity index is 551. The summed E-state index contributed by atoms with van der Waals surface area (Å²) in [5, 5.41) is 0. The van der Waals surface area contributed by atoms with E-state index in [2.05, 4.69) is 46.7 Å². The fourth-order valence-corrected chi connectivity index (χ4v) is 2.85. The van der Waals surface area contributed by atoms with Gasteiger partial charge >= 0.3 is 0 Å². The van der Waals surface area contributed by atoms with E-state index in [0.717, 1.165) is 11.4 Å². The minimum Gasteiger partial charge on any atom is -0.261 e. The normalized spacial score (nSPS) is 22.4. The number of benzene rings is 2. The van der Waals surface area contributed by atoms with Crippen LogP contribution in [0.3, 0.4) is 0 Å². The maximum absolute atomic E-state index is 4.59. The predicted molar refractivity (Wildman–Crippen MR) is 94.6 cm³/mol. The lowest BCUT2D eigenvalue weighted by atomic mass is 9.83. The molecule has 0 saturated heterocycles. The maximum Gasteiger partial charge on any atom is 0.0625 e. The van der Waals surface area contributed by atoms with Gasteiger partial charge in [-0.1, -0.05) is 36.4 Å². The lowest BCUT2D eigenvalue weighted by Gasteiger charge is -2.23. The molecule has 0 bridgehead atoms. The molecule has 0 heterocycles. The minimum absolute atomic E-state index is 0.613. The van der Waals surface area contributed by atoms with Gasteiger partial charge in [-0.05, 0) is 61.8 Å². The summed E-state index contributed by atoms with van der Waals surface area (Å²) in [7, 11) is 0. The Balaban J connectivity index is 1.48. The van der Waals surface area contributed by atoms with Crippen LogP contribution in [0, 0.1) is 11.8 Å². The van der Waals surface area contributed by atoms with Crippen molar-refractivity contribution in [3.63, 3.8) is 0 Å². The monoisotopic (exact) mass is 290 g/mol. The third-order valence-corrected chi connectivity index (χ3v) is 4.20. The van der Waals surface area contributed by atoms with Gasteiger partial charge in [0.05, 0.1) is 11.4 Å². The van der Waals surface area contributed by atoms with E-state index < -0.39 is 0 Å². The quantitative estimate of drug-likeness (QED) is 0.655. The van der Waals surface area contributed by atoms with E-state index in [9.17, 15) is 0 Å². The van der Waals surface area contributed by atoms with Gasteiger partial charge in [0.1, 0.15) is 0 Å². The Hall–Kier alpha value is -2.22. The Morgan fingerprint density at radius 3 is 1.32 bits per heavy atom. The second-order valence-corrected chi connectivity index (χ2v) is 5.90. The molecule has 112 valence electrons. The van der Waals surface area contributed by atoms with Crippen molar-refractivity contribution in [1.29, 1.82) is 0 Å². The Morgan fingerprint density at radius 1 is 0.591 bits per heavy atom. The van der Waals surface area contributed by atoms with Crippen molar-refractivity contribution in [1.82, 2.24) is 0 Å². The second-order valence-electron chi connectivity index (χ2n) is 5.90. The Morgan fingerprint density at radius 2 is 0.955 bits per heavy atom. The lowest BCUT2D eigenvalue weighted by molar-refractivity contribution is 0.397. The van der Waals surface area contributed by atoms with Gasteiger partial charge in [-0.25, -0.2) is 0 Å². The topological polar surface area (TPSA) is 24.7 Å². The zero-order valence-corrected chi connectivity index (χ0v) is 12.8. The van der Waals surface area contributed by atoms with Crippen LogP contribution in [0.4, 0.5) is 11.4 Å². The van der Waals surface area contributed by atoms with Gasteiger partial charge in [-0.15, -0.1) is 0 Å². The van der Waals surface area contributed by atoms with E-state index >= 15 is 0 Å². The van der Waals surface area contributed by atoms with Crippen LogP contribution in [0.15, 0.2) is 70.6 Å². The van der Waals surface area contributed by atoms with Gasteiger partial charge in [-0.2, -0.15) is 0 Å². The van der Waals surface area contributed by atoms with E-state index in [4.69, 9.17) is 0 Å². The summed E-state index contributed by atoms with van der Waals surface area (Å²) in [4.78, 5) is 9.18. The minimum atomic E-state index is 0.613. The first-order valence-corrected chi connectivity index (χ1v) is 8.08. The van der Waals surface area contributed by atoms with Crippen molar-refractivity contribution >= 4 is 23.8 Å². The van der Waals surface area contributed by atoms with Crippen LogP contribution < -0.4 is 0 Å². The Kier molecular flexibility index (Phi) is 5.14. The third kappa shape index (κ3) is 4.39. The number of rotatable bonds is 4. The highest BCUT2D eigenvalue weighted by molar-refractivity contribution is 5.68. The van der Waals surface area contributed by atoms with Gasteiger partial charge in [0.2, 0.25) is 0 Å². The SMILES string of the molecule is C(=N\c1ccccc1)/C1CCC(/C=N/c2ccccc2)CC1. The summed E-state index contributed by atoms with van der Waals surface area (Å²) in [5.74, 6) is 1.23. The van der Waals surface area contributed by atoms with Crippen LogP contribution in [0.2, 0.25) is 0 Å². The first kappa shape index (κ1) is 14.7. The second kappa shape index (κ2) is 7.69. The van der Waals surface area contributed by atoms with Crippen LogP contribution in [0.1, 0.15) is 25.7 Å². The highest BCUT2D eigenvalue weighted by Gasteiger charge is 2.18. The molecule has 0 N–H and O–H groups in total. The van der Waals surface area contributed by atoms with Crippen molar-refractivity contribution in [2.24, 2.45) is 21.8 Å². The molecule has 22 heavy (non-hydrogen) atoms. The van der Waals surface area contributed by atoms with Gasteiger partial charge in [0.15, 0.2) is 0 Å². The van der Waals surface area contributed by atoms with Crippen molar-refractivity contribution in [2.45, 2.75) is 25.7 Å². The number of nitrogens with zero attached hydrogens (tertiary/aromatic N) is 2. The maximum atomic E-state index is 4.59. The number of aliphatic imine (C=N–C) groups is 2. The molecule has 2 nitrogen and oxygen atoms in total. The standard InChI is InChI=1S/C20H22N2/c1-3-7-19(8-4-1)21-15-17-11-13-18(14-12-17)16-22-20-9-5-2-6-10-20/h1-10,15-18H,11-14H2/b21-15+,22-16+. The summed E-state index contributed by atoms with van der Waals surface area (Å²) in [6, 6.07) is 20.4. The Labute approximate surface area is 132 Å². The molecule has 2 heteroatoms. The number of hydrogen-bond donors (Lipinski definition) is 0. The van der Waals surface area contributed by atoms with E-state index in [0.29, 0.717) is 11.8 Å². The zero-order valence-electron chi connectivity index (χ0n) is 12.8. The number of para-hydroxylation sites is 2. The summed E-state index contributed by atoms with van der Waals surface area (Å²) in [6.45, 7) is 0. The van der Waals surface area contributed by atoms with Crippen LogP contribution in [0.25, 0.3) is 0 Å². The van der Waals surface area contributed by atoms with Crippen molar-refractivity contribution in [2.75, 3.05) is 0 Å². The molecule has 0 aliphatic heterocycles. The molecule has 1 fully saturated rings. The summed E-state index contributed by atoms with van der Waals surface area (Å²) >= 11 is 0. The van der Waals surface area contributed by atoms with Crippen LogP contribution in [-0.4, -0.2) is 12.4 Å². The molecule has 0 spiro atoms. The van der Waals surface area contributed by atoms with Gasteiger partial charge in [0, 0.05) is 12.4 Å². The number of hydrogen-bond acceptors (Lipinski definition) is 2. The fourth-order valence-electron chi connectivity index (χ4n) is 2.85. The zero-order chi connectivity index (χ0) is 15.0. The largest absolute Gasteiger partial charge is 0.261 e. The van der Waals surface area contributed by atoms with E-state index in [1.807, 2.05) is 36.4 Å². The van der Waals surface area contributed by atoms with Crippen LogP contribution >= 0.6 is 0 Å². The molecule has 1 aliphatic carbocycles. The molecule has 3 rings (SSSR count). The highest BCUT2D eigenvalue weighted by atomic mass is 14.7. The molecule has 0 atom stereocenters. The molecular weight excluding hydrogens is 268 g/mol. The van der Waals surface area contributed by atoms with Crippen LogP contribution in [0.5, 0.6) is 0 Å². The van der Waals surface area contributed by atoms with Gasteiger partial charge in [0.25, 0.3) is 0 Å². The molecule has 0 unspecified atom stereocenters. The predicted octanol–water partition coefficient (Wildman–Crippen LogP) is 5.60. The molecule has 0 radical (unpaired) electrons. The summed E-state index contributed by atoms with van der Waals surface area (Å²) in [5.41, 5.74) is 2.10. The summed E-state index contributed by atoms with van der Waals surface area (Å²) < 4.78 is 0. The first-order valence-electron chi connectivity index (χ1n) is 8.08. The van der Waals surface area contributed by atoms with E-state index in [1.54, 1.807) is 0 Å². The summed E-state index contributed by atoms with van der Waals surface area (Å²) in [6.07, 6.45) is 9.12. The molecule has 2 aromatic rings. The highest BCUT2D eigenvalue weighted by Crippen LogP contribution is 2.28. The van der Waals surface area contributed by atoms with Crippen molar-refractivity contribution in [3.05, 3.63) is 60.7 Å². The van der Waals surface area contributed by atoms with Gasteiger partial charge in [-0.3, -0.25) is 9.98 Å². The van der Waals surface area contributed by atoms with Crippen LogP contribution in [-0.2, 0) is 0 Å². The van der Waals surface area contributed by atoms with Gasteiger partial charge < -0.3 is 0 Å².